The molecule has 0 atom stereocenters. The topological polar surface area (TPSA) is 65.5 Å². The van der Waals surface area contributed by atoms with E-state index < -0.39 is 0 Å². The fraction of sp³-hybridized carbons (Fsp3) is 0.414. The Morgan fingerprint density at radius 1 is 0.865 bits per heavy atom. The number of pyridine rings is 1. The number of methoxy groups -OCH3 is 1. The Balaban J connectivity index is 1.48. The molecule has 1 aromatic heterocycles. The first-order chi connectivity index (χ1) is 18.1. The molecule has 0 bridgehead atoms. The van der Waals surface area contributed by atoms with Gasteiger partial charge in [0.25, 0.3) is 0 Å². The van der Waals surface area contributed by atoms with E-state index in [4.69, 9.17) is 28.7 Å². The Hall–Kier alpha value is -3.49. The number of benzene rings is 3. The van der Waals surface area contributed by atoms with Crippen LogP contribution < -0.4 is 23.7 Å². The lowest BCUT2D eigenvalue weighted by Crippen LogP contribution is -2.25. The second-order valence-electron chi connectivity index (χ2n) is 9.90. The van der Waals surface area contributed by atoms with Crippen LogP contribution in [0.1, 0.15) is 12.8 Å². The number of fused-ring (bicyclic) bond motifs is 6. The van der Waals surface area contributed by atoms with Crippen LogP contribution in [0.25, 0.3) is 32.4 Å². The lowest BCUT2D eigenvalue weighted by molar-refractivity contribution is 0.174. The van der Waals surface area contributed by atoms with E-state index in [0.717, 1.165) is 70.1 Å². The van der Waals surface area contributed by atoms with E-state index in [-0.39, 0.29) is 6.79 Å². The molecule has 6 rings (SSSR count). The molecule has 37 heavy (non-hydrogen) atoms. The highest BCUT2D eigenvalue weighted by atomic mass is 16.7. The van der Waals surface area contributed by atoms with Gasteiger partial charge in [0, 0.05) is 34.6 Å². The monoisotopic (exact) mass is 503 g/mol. The van der Waals surface area contributed by atoms with Crippen molar-refractivity contribution < 1.29 is 23.7 Å². The number of ether oxygens (including phenoxy) is 5. The molecule has 0 radical (unpaired) electrons. The van der Waals surface area contributed by atoms with E-state index in [2.05, 4.69) is 21.9 Å². The highest BCUT2D eigenvalue weighted by Gasteiger charge is 2.20. The first-order valence-electron chi connectivity index (χ1n) is 12.9. The van der Waals surface area contributed by atoms with Crippen molar-refractivity contribution in [2.24, 2.45) is 0 Å². The summed E-state index contributed by atoms with van der Waals surface area (Å²) in [6.45, 7) is 5.32. The van der Waals surface area contributed by atoms with E-state index in [0.29, 0.717) is 30.6 Å². The summed E-state index contributed by atoms with van der Waals surface area (Å²) in [5.41, 5.74) is 0.864. The molecule has 1 fully saturated rings. The number of rotatable bonds is 9. The lowest BCUT2D eigenvalue weighted by Gasteiger charge is -2.18. The van der Waals surface area contributed by atoms with Gasteiger partial charge in [0.2, 0.25) is 12.7 Å². The molecule has 0 saturated carbocycles. The maximum Gasteiger partial charge on any atom is 0.231 e. The molecule has 2 aliphatic heterocycles. The highest BCUT2D eigenvalue weighted by molar-refractivity contribution is 6.17. The van der Waals surface area contributed by atoms with Gasteiger partial charge in [0.1, 0.15) is 13.2 Å². The maximum atomic E-state index is 6.39. The standard InChI is InChI=1S/C29H33N3O5/c1-31(2)10-12-34-26-17-23-22(16-24(26)33-3)20-7-6-19-14-25-27(37-18-36-25)15-21(19)28(20)30-29(23)35-13-11-32-8-4-5-9-32/h6-7,14-17H,4-5,8-13,18H2,1-3H3. The van der Waals surface area contributed by atoms with Gasteiger partial charge in [-0.05, 0) is 69.7 Å². The minimum absolute atomic E-state index is 0.235. The molecule has 0 spiro atoms. The molecule has 0 N–H and O–H groups in total. The van der Waals surface area contributed by atoms with Crippen LogP contribution in [0.3, 0.4) is 0 Å². The Morgan fingerprint density at radius 3 is 2.43 bits per heavy atom. The summed E-state index contributed by atoms with van der Waals surface area (Å²) < 4.78 is 29.5. The molecule has 0 unspecified atom stereocenters. The fourth-order valence-corrected chi connectivity index (χ4v) is 5.16. The summed E-state index contributed by atoms with van der Waals surface area (Å²) in [6, 6.07) is 12.3. The van der Waals surface area contributed by atoms with Crippen LogP contribution >= 0.6 is 0 Å². The molecule has 8 heteroatoms. The van der Waals surface area contributed by atoms with Crippen LogP contribution in [-0.4, -0.2) is 82.2 Å². The predicted molar refractivity (Wildman–Crippen MR) is 145 cm³/mol. The quantitative estimate of drug-likeness (QED) is 0.305. The summed E-state index contributed by atoms with van der Waals surface area (Å²) >= 11 is 0. The van der Waals surface area contributed by atoms with Crippen molar-refractivity contribution in [3.63, 3.8) is 0 Å². The largest absolute Gasteiger partial charge is 0.493 e. The Morgan fingerprint density at radius 2 is 1.65 bits per heavy atom. The van der Waals surface area contributed by atoms with E-state index in [1.165, 1.54) is 12.8 Å². The number of hydrogen-bond donors (Lipinski definition) is 0. The summed E-state index contributed by atoms with van der Waals surface area (Å²) in [5, 5.41) is 4.99. The van der Waals surface area contributed by atoms with E-state index >= 15 is 0 Å². The number of hydrogen-bond acceptors (Lipinski definition) is 8. The fourth-order valence-electron chi connectivity index (χ4n) is 5.16. The molecule has 1 saturated heterocycles. The Kier molecular flexibility index (Phi) is 6.52. The number of aromatic nitrogens is 1. The Labute approximate surface area is 216 Å². The van der Waals surface area contributed by atoms with Gasteiger partial charge in [-0.25, -0.2) is 4.98 Å². The molecule has 0 aliphatic carbocycles. The van der Waals surface area contributed by atoms with E-state index in [1.54, 1.807) is 7.11 Å². The smallest absolute Gasteiger partial charge is 0.231 e. The van der Waals surface area contributed by atoms with Crippen molar-refractivity contribution in [3.05, 3.63) is 36.4 Å². The molecule has 194 valence electrons. The van der Waals surface area contributed by atoms with Gasteiger partial charge in [-0.2, -0.15) is 0 Å². The molecule has 3 heterocycles. The van der Waals surface area contributed by atoms with Crippen LogP contribution in [0.5, 0.6) is 28.9 Å². The van der Waals surface area contributed by atoms with Gasteiger partial charge in [0.05, 0.1) is 12.6 Å². The average molecular weight is 504 g/mol. The predicted octanol–water partition coefficient (Wildman–Crippen LogP) is 4.69. The van der Waals surface area contributed by atoms with Gasteiger partial charge in [-0.15, -0.1) is 0 Å². The summed E-state index contributed by atoms with van der Waals surface area (Å²) in [6.07, 6.45) is 2.51. The third kappa shape index (κ3) is 4.67. The number of likely N-dealkylation sites (N-methyl/N-ethyl adjacent to an activating group) is 1. The lowest BCUT2D eigenvalue weighted by atomic mass is 10.0. The molecule has 0 amide bonds. The van der Waals surface area contributed by atoms with Crippen LogP contribution in [0.4, 0.5) is 0 Å². The van der Waals surface area contributed by atoms with E-state index in [1.807, 2.05) is 38.4 Å². The average Bonchev–Trinajstić information content (AvgIpc) is 3.58. The van der Waals surface area contributed by atoms with Crippen LogP contribution in [0.2, 0.25) is 0 Å². The summed E-state index contributed by atoms with van der Waals surface area (Å²) in [4.78, 5) is 9.62. The first kappa shape index (κ1) is 23.9. The Bertz CT molecular complexity index is 1450. The maximum absolute atomic E-state index is 6.39. The zero-order valence-corrected chi connectivity index (χ0v) is 21.7. The summed E-state index contributed by atoms with van der Waals surface area (Å²) in [7, 11) is 5.73. The highest BCUT2D eigenvalue weighted by Crippen LogP contribution is 2.43. The van der Waals surface area contributed by atoms with Crippen LogP contribution in [0, 0.1) is 0 Å². The molecule has 8 nitrogen and oxygen atoms in total. The van der Waals surface area contributed by atoms with E-state index in [9.17, 15) is 0 Å². The summed E-state index contributed by atoms with van der Waals surface area (Å²) in [5.74, 6) is 3.47. The van der Waals surface area contributed by atoms with Gasteiger partial charge in [-0.3, -0.25) is 4.90 Å². The molecule has 4 aromatic rings. The first-order valence-corrected chi connectivity index (χ1v) is 12.9. The van der Waals surface area contributed by atoms with Gasteiger partial charge in [-0.1, -0.05) is 12.1 Å². The van der Waals surface area contributed by atoms with Crippen molar-refractivity contribution in [3.8, 4) is 28.9 Å². The van der Waals surface area contributed by atoms with Gasteiger partial charge in [0.15, 0.2) is 23.0 Å². The van der Waals surface area contributed by atoms with Crippen LogP contribution in [0.15, 0.2) is 36.4 Å². The van der Waals surface area contributed by atoms with Crippen molar-refractivity contribution >= 4 is 32.4 Å². The van der Waals surface area contributed by atoms with Gasteiger partial charge < -0.3 is 28.6 Å². The molecule has 3 aromatic carbocycles. The van der Waals surface area contributed by atoms with Gasteiger partial charge >= 0.3 is 0 Å². The molecular weight excluding hydrogens is 470 g/mol. The SMILES string of the molecule is COc1cc2c(cc1OCCN(C)C)c(OCCN1CCCC1)nc1c3cc4c(cc3ccc21)OCO4. The van der Waals surface area contributed by atoms with Crippen LogP contribution in [-0.2, 0) is 0 Å². The molecular formula is C29H33N3O5. The second-order valence-corrected chi connectivity index (χ2v) is 9.90. The van der Waals surface area contributed by atoms with Crippen molar-refractivity contribution in [1.29, 1.82) is 0 Å². The zero-order valence-electron chi connectivity index (χ0n) is 21.7. The minimum Gasteiger partial charge on any atom is -0.493 e. The minimum atomic E-state index is 0.235. The number of nitrogens with zero attached hydrogens (tertiary/aromatic N) is 3. The third-order valence-corrected chi connectivity index (χ3v) is 7.16. The van der Waals surface area contributed by atoms with Crippen molar-refractivity contribution in [2.75, 3.05) is 67.4 Å². The third-order valence-electron chi connectivity index (χ3n) is 7.16. The van der Waals surface area contributed by atoms with Crippen molar-refractivity contribution in [1.82, 2.24) is 14.8 Å². The molecule has 2 aliphatic rings. The van der Waals surface area contributed by atoms with Crippen molar-refractivity contribution in [2.45, 2.75) is 12.8 Å². The zero-order chi connectivity index (χ0) is 25.4. The number of likely N-dealkylation sites (tertiary alicyclic amines) is 1. The second kappa shape index (κ2) is 10.1. The normalized spacial score (nSPS) is 15.4.